The minimum absolute atomic E-state index is 0.0865. The van der Waals surface area contributed by atoms with E-state index in [1.54, 1.807) is 4.90 Å². The van der Waals surface area contributed by atoms with Gasteiger partial charge in [0, 0.05) is 11.1 Å². The quantitative estimate of drug-likeness (QED) is 0.174. The molecule has 0 atom stereocenters. The number of para-hydroxylation sites is 1. The second kappa shape index (κ2) is 10.0. The first-order valence-corrected chi connectivity index (χ1v) is 13.0. The van der Waals surface area contributed by atoms with Gasteiger partial charge in [-0.3, -0.25) is 9.69 Å². The number of thioether (sulfide) groups is 1. The SMILES string of the molecule is O=C1SC(=Cc2ccc(-n3nc(-c4ccccc4)cc3-c3ccccc3)cc2)C(=S)N1c1ccccc1. The Balaban J connectivity index is 1.33. The van der Waals surface area contributed by atoms with E-state index in [2.05, 4.69) is 30.3 Å². The van der Waals surface area contributed by atoms with Gasteiger partial charge >= 0.3 is 0 Å². The minimum atomic E-state index is -0.0865. The summed E-state index contributed by atoms with van der Waals surface area (Å²) in [5.41, 5.74) is 6.79. The van der Waals surface area contributed by atoms with Crippen LogP contribution in [0.1, 0.15) is 5.56 Å². The summed E-state index contributed by atoms with van der Waals surface area (Å²) in [5.74, 6) is 0. The molecule has 1 aromatic heterocycles. The molecule has 4 nitrogen and oxygen atoms in total. The molecule has 5 aromatic rings. The molecule has 0 saturated carbocycles. The Morgan fingerprint density at radius 3 is 1.95 bits per heavy atom. The second-order valence-corrected chi connectivity index (χ2v) is 9.88. The van der Waals surface area contributed by atoms with E-state index in [-0.39, 0.29) is 5.24 Å². The first-order valence-electron chi connectivity index (χ1n) is 11.8. The molecule has 6 heteroatoms. The summed E-state index contributed by atoms with van der Waals surface area (Å²) in [7, 11) is 0. The topological polar surface area (TPSA) is 38.1 Å². The lowest BCUT2D eigenvalue weighted by Crippen LogP contribution is -2.26. The first kappa shape index (κ1) is 23.2. The van der Waals surface area contributed by atoms with E-state index in [9.17, 15) is 4.79 Å². The van der Waals surface area contributed by atoms with Crippen LogP contribution < -0.4 is 4.90 Å². The molecule has 2 heterocycles. The summed E-state index contributed by atoms with van der Waals surface area (Å²) in [5, 5.41) is 4.86. The zero-order valence-corrected chi connectivity index (χ0v) is 21.3. The van der Waals surface area contributed by atoms with Gasteiger partial charge in [-0.1, -0.05) is 103 Å². The maximum absolute atomic E-state index is 12.7. The van der Waals surface area contributed by atoms with Crippen molar-refractivity contribution < 1.29 is 4.79 Å². The Morgan fingerprint density at radius 2 is 1.30 bits per heavy atom. The Bertz CT molecular complexity index is 1610. The number of rotatable bonds is 5. The highest BCUT2D eigenvalue weighted by Gasteiger charge is 2.32. The van der Waals surface area contributed by atoms with E-state index in [1.807, 2.05) is 102 Å². The average Bonchev–Trinajstić information content (AvgIpc) is 3.51. The summed E-state index contributed by atoms with van der Waals surface area (Å²) in [6.07, 6.45) is 1.97. The highest BCUT2D eigenvalue weighted by molar-refractivity contribution is 8.20. The van der Waals surface area contributed by atoms with Crippen molar-refractivity contribution in [2.45, 2.75) is 0 Å². The van der Waals surface area contributed by atoms with Crippen molar-refractivity contribution in [2.24, 2.45) is 0 Å². The van der Waals surface area contributed by atoms with Crippen LogP contribution in [-0.2, 0) is 0 Å². The first-order chi connectivity index (χ1) is 18.2. The zero-order chi connectivity index (χ0) is 25.2. The number of benzene rings is 4. The predicted octanol–water partition coefficient (Wildman–Crippen LogP) is 8.25. The molecule has 0 spiro atoms. The maximum Gasteiger partial charge on any atom is 0.296 e. The van der Waals surface area contributed by atoms with Crippen molar-refractivity contribution >= 4 is 46.0 Å². The van der Waals surface area contributed by atoms with Gasteiger partial charge in [0.15, 0.2) is 0 Å². The number of hydrogen-bond acceptors (Lipinski definition) is 4. The lowest BCUT2D eigenvalue weighted by atomic mass is 10.1. The molecule has 37 heavy (non-hydrogen) atoms. The highest BCUT2D eigenvalue weighted by Crippen LogP contribution is 2.37. The minimum Gasteiger partial charge on any atom is -0.261 e. The van der Waals surface area contributed by atoms with Gasteiger partial charge in [-0.2, -0.15) is 5.10 Å². The van der Waals surface area contributed by atoms with Crippen LogP contribution in [0.3, 0.4) is 0 Å². The summed E-state index contributed by atoms with van der Waals surface area (Å²) in [6.45, 7) is 0. The number of carbonyl (C=O) groups is 1. The van der Waals surface area contributed by atoms with Crippen molar-refractivity contribution in [1.82, 2.24) is 9.78 Å². The number of nitrogens with zero attached hydrogens (tertiary/aromatic N) is 3. The van der Waals surface area contributed by atoms with Gasteiger partial charge in [0.1, 0.15) is 4.99 Å². The van der Waals surface area contributed by atoms with Crippen molar-refractivity contribution in [1.29, 1.82) is 0 Å². The van der Waals surface area contributed by atoms with Crippen LogP contribution in [0.2, 0.25) is 0 Å². The molecule has 178 valence electrons. The van der Waals surface area contributed by atoms with Crippen LogP contribution in [0, 0.1) is 0 Å². The average molecular weight is 516 g/mol. The van der Waals surface area contributed by atoms with Gasteiger partial charge in [-0.15, -0.1) is 0 Å². The highest BCUT2D eigenvalue weighted by atomic mass is 32.2. The number of hydrogen-bond donors (Lipinski definition) is 0. The molecule has 0 unspecified atom stereocenters. The Kier molecular flexibility index (Phi) is 6.26. The lowest BCUT2D eigenvalue weighted by Gasteiger charge is -2.14. The normalized spacial score (nSPS) is 14.5. The monoisotopic (exact) mass is 515 g/mol. The van der Waals surface area contributed by atoms with Crippen molar-refractivity contribution in [3.05, 3.63) is 132 Å². The zero-order valence-electron chi connectivity index (χ0n) is 19.7. The van der Waals surface area contributed by atoms with Crippen LogP contribution in [0.4, 0.5) is 10.5 Å². The van der Waals surface area contributed by atoms with Gasteiger partial charge in [-0.25, -0.2) is 4.68 Å². The van der Waals surface area contributed by atoms with E-state index in [4.69, 9.17) is 17.3 Å². The molecule has 0 aliphatic carbocycles. The maximum atomic E-state index is 12.7. The molecule has 6 rings (SSSR count). The molecule has 1 aliphatic heterocycles. The summed E-state index contributed by atoms with van der Waals surface area (Å²) < 4.78 is 1.98. The number of aromatic nitrogens is 2. The summed E-state index contributed by atoms with van der Waals surface area (Å²) in [4.78, 5) is 15.5. The number of anilines is 1. The molecule has 1 aliphatic rings. The molecular formula is C31H21N3OS2. The van der Waals surface area contributed by atoms with Gasteiger partial charge < -0.3 is 0 Å². The van der Waals surface area contributed by atoms with Crippen molar-refractivity contribution in [3.8, 4) is 28.2 Å². The molecule has 0 bridgehead atoms. The van der Waals surface area contributed by atoms with E-state index in [1.165, 1.54) is 0 Å². The standard InChI is InChI=1S/C31H21N3OS2/c35-31-33(25-14-8-3-9-15-25)30(36)29(37-31)20-22-16-18-26(19-17-22)34-28(24-12-6-2-7-13-24)21-27(32-34)23-10-4-1-5-11-23/h1-21H. The van der Waals surface area contributed by atoms with E-state index in [0.717, 1.165) is 56.1 Å². The third-order valence-electron chi connectivity index (χ3n) is 6.09. The molecule has 1 fully saturated rings. The Labute approximate surface area is 224 Å². The van der Waals surface area contributed by atoms with E-state index in [0.29, 0.717) is 4.99 Å². The summed E-state index contributed by atoms with van der Waals surface area (Å²) in [6, 6.07) is 40.2. The third kappa shape index (κ3) is 4.65. The molecule has 4 aromatic carbocycles. The van der Waals surface area contributed by atoms with Crippen LogP contribution in [-0.4, -0.2) is 20.0 Å². The van der Waals surface area contributed by atoms with Crippen LogP contribution in [0.25, 0.3) is 34.3 Å². The lowest BCUT2D eigenvalue weighted by molar-refractivity contribution is 0.268. The molecule has 1 amide bonds. The van der Waals surface area contributed by atoms with Gasteiger partial charge in [0.05, 0.1) is 27.7 Å². The van der Waals surface area contributed by atoms with E-state index < -0.39 is 0 Å². The Morgan fingerprint density at radius 1 is 0.703 bits per heavy atom. The molecule has 1 saturated heterocycles. The number of amides is 1. The largest absolute Gasteiger partial charge is 0.296 e. The summed E-state index contributed by atoms with van der Waals surface area (Å²) >= 11 is 6.81. The molecular weight excluding hydrogens is 494 g/mol. The second-order valence-electron chi connectivity index (χ2n) is 8.50. The predicted molar refractivity (Wildman–Crippen MR) is 157 cm³/mol. The van der Waals surface area contributed by atoms with Crippen LogP contribution in [0.15, 0.2) is 126 Å². The van der Waals surface area contributed by atoms with Crippen LogP contribution >= 0.6 is 24.0 Å². The Hall–Kier alpha value is -4.26. The fourth-order valence-electron chi connectivity index (χ4n) is 4.27. The van der Waals surface area contributed by atoms with Gasteiger partial charge in [0.2, 0.25) is 0 Å². The smallest absolute Gasteiger partial charge is 0.261 e. The number of thiocarbonyl (C=S) groups is 1. The van der Waals surface area contributed by atoms with Gasteiger partial charge in [0.25, 0.3) is 5.24 Å². The van der Waals surface area contributed by atoms with E-state index >= 15 is 0 Å². The molecule has 0 N–H and O–H groups in total. The van der Waals surface area contributed by atoms with Crippen LogP contribution in [0.5, 0.6) is 0 Å². The third-order valence-corrected chi connectivity index (χ3v) is 7.51. The fraction of sp³-hybridized carbons (Fsp3) is 0. The molecule has 0 radical (unpaired) electrons. The van der Waals surface area contributed by atoms with Crippen molar-refractivity contribution in [3.63, 3.8) is 0 Å². The van der Waals surface area contributed by atoms with Gasteiger partial charge in [-0.05, 0) is 53.7 Å². The fourth-order valence-corrected chi connectivity index (χ4v) is 5.55. The van der Waals surface area contributed by atoms with Crippen molar-refractivity contribution in [2.75, 3.05) is 4.90 Å². The number of carbonyl (C=O) groups excluding carboxylic acids is 1.